The number of aromatic nitrogens is 2. The van der Waals surface area contributed by atoms with Crippen LogP contribution in [-0.2, 0) is 4.74 Å². The highest BCUT2D eigenvalue weighted by atomic mass is 16.5. The van der Waals surface area contributed by atoms with Crippen LogP contribution in [0, 0.1) is 13.8 Å². The number of rotatable bonds is 8. The van der Waals surface area contributed by atoms with Crippen LogP contribution in [0.15, 0.2) is 0 Å². The Morgan fingerprint density at radius 2 is 1.90 bits per heavy atom. The van der Waals surface area contributed by atoms with Gasteiger partial charge in [0.1, 0.15) is 17.5 Å². The number of nitrogens with two attached hydrogens (primary N) is 1. The molecule has 0 aliphatic rings. The largest absolute Gasteiger partial charge is 0.383 e. The lowest BCUT2D eigenvalue weighted by Gasteiger charge is -2.33. The molecule has 1 rings (SSSR count). The minimum atomic E-state index is 0.434. The normalized spacial score (nSPS) is 10.9. The van der Waals surface area contributed by atoms with Crippen LogP contribution in [0.1, 0.15) is 38.1 Å². The number of nitrogens with zero attached hydrogens (tertiary/aromatic N) is 3. The minimum absolute atomic E-state index is 0.434. The van der Waals surface area contributed by atoms with Crippen LogP contribution in [0.5, 0.6) is 0 Å². The number of ether oxygens (including phenoxy) is 1. The van der Waals surface area contributed by atoms with Crippen LogP contribution < -0.4 is 16.2 Å². The Hall–Kier alpha value is -1.40. The van der Waals surface area contributed by atoms with Gasteiger partial charge in [0.05, 0.1) is 6.61 Å². The van der Waals surface area contributed by atoms with Crippen molar-refractivity contribution in [3.8, 4) is 0 Å². The first kappa shape index (κ1) is 16.7. The van der Waals surface area contributed by atoms with Gasteiger partial charge < -0.3 is 15.1 Å². The first-order valence-electron chi connectivity index (χ1n) is 7.16. The van der Waals surface area contributed by atoms with Crippen LogP contribution in [0.25, 0.3) is 0 Å². The predicted octanol–water partition coefficient (Wildman–Crippen LogP) is 2.02. The number of methoxy groups -OCH3 is 1. The van der Waals surface area contributed by atoms with Crippen molar-refractivity contribution in [3.05, 3.63) is 11.4 Å². The lowest BCUT2D eigenvalue weighted by Crippen LogP contribution is -2.38. The molecule has 0 radical (unpaired) electrons. The molecule has 1 heterocycles. The first-order valence-corrected chi connectivity index (χ1v) is 7.16. The predicted molar refractivity (Wildman–Crippen MR) is 82.9 cm³/mol. The molecule has 0 spiro atoms. The fraction of sp³-hybridized carbons (Fsp3) is 0.714. The van der Waals surface area contributed by atoms with Crippen molar-refractivity contribution in [1.82, 2.24) is 9.97 Å². The topological polar surface area (TPSA) is 76.3 Å². The van der Waals surface area contributed by atoms with E-state index in [1.807, 2.05) is 13.8 Å². The molecule has 0 amide bonds. The van der Waals surface area contributed by atoms with Crippen molar-refractivity contribution in [3.63, 3.8) is 0 Å². The van der Waals surface area contributed by atoms with E-state index in [2.05, 4.69) is 34.1 Å². The van der Waals surface area contributed by atoms with Gasteiger partial charge in [-0.2, -0.15) is 0 Å². The van der Waals surface area contributed by atoms with Crippen molar-refractivity contribution < 1.29 is 4.74 Å². The second-order valence-electron chi connectivity index (χ2n) is 4.87. The van der Waals surface area contributed by atoms with Crippen molar-refractivity contribution >= 4 is 11.6 Å². The molecule has 0 fully saturated rings. The zero-order chi connectivity index (χ0) is 15.1. The Balaban J connectivity index is 3.21. The summed E-state index contributed by atoms with van der Waals surface area (Å²) in [6.45, 7) is 9.74. The van der Waals surface area contributed by atoms with Gasteiger partial charge >= 0.3 is 0 Å². The molecule has 0 aliphatic heterocycles. The van der Waals surface area contributed by atoms with Gasteiger partial charge in [-0.3, -0.25) is 0 Å². The van der Waals surface area contributed by atoms with E-state index >= 15 is 0 Å². The summed E-state index contributed by atoms with van der Waals surface area (Å²) in [6, 6.07) is 0.434. The van der Waals surface area contributed by atoms with E-state index in [1.54, 1.807) is 7.11 Å². The fourth-order valence-corrected chi connectivity index (χ4v) is 2.41. The number of hydrogen-bond donors (Lipinski definition) is 2. The molecule has 0 atom stereocenters. The molecule has 0 saturated heterocycles. The molecule has 0 bridgehead atoms. The SMILES string of the molecule is CCC(CC)N(CCOC)c1nc(C)nc(NN)c1C. The van der Waals surface area contributed by atoms with E-state index in [9.17, 15) is 0 Å². The molecule has 1 aromatic rings. The summed E-state index contributed by atoms with van der Waals surface area (Å²) in [5, 5.41) is 0. The smallest absolute Gasteiger partial charge is 0.148 e. The maximum atomic E-state index is 5.55. The lowest BCUT2D eigenvalue weighted by atomic mass is 10.1. The average Bonchev–Trinajstić information content (AvgIpc) is 2.45. The minimum Gasteiger partial charge on any atom is -0.383 e. The molecular formula is C14H27N5O. The molecule has 3 N–H and O–H groups in total. The lowest BCUT2D eigenvalue weighted by molar-refractivity contribution is 0.202. The van der Waals surface area contributed by atoms with Gasteiger partial charge in [0, 0.05) is 25.3 Å². The molecule has 0 unspecified atom stereocenters. The third-order valence-corrected chi connectivity index (χ3v) is 3.56. The summed E-state index contributed by atoms with van der Waals surface area (Å²) < 4.78 is 5.23. The Kier molecular flexibility index (Phi) is 6.67. The van der Waals surface area contributed by atoms with Gasteiger partial charge in [0.15, 0.2) is 0 Å². The van der Waals surface area contributed by atoms with E-state index in [4.69, 9.17) is 10.6 Å². The van der Waals surface area contributed by atoms with Crippen LogP contribution >= 0.6 is 0 Å². The van der Waals surface area contributed by atoms with Crippen LogP contribution in [0.2, 0.25) is 0 Å². The summed E-state index contributed by atoms with van der Waals surface area (Å²) in [4.78, 5) is 11.2. The van der Waals surface area contributed by atoms with Gasteiger partial charge in [-0.1, -0.05) is 13.8 Å². The fourth-order valence-electron chi connectivity index (χ4n) is 2.41. The van der Waals surface area contributed by atoms with Crippen molar-refractivity contribution in [2.75, 3.05) is 30.6 Å². The zero-order valence-electron chi connectivity index (χ0n) is 13.2. The highest BCUT2D eigenvalue weighted by Gasteiger charge is 2.21. The average molecular weight is 281 g/mol. The molecule has 20 heavy (non-hydrogen) atoms. The quantitative estimate of drug-likeness (QED) is 0.561. The van der Waals surface area contributed by atoms with Gasteiger partial charge in [-0.15, -0.1) is 0 Å². The van der Waals surface area contributed by atoms with Gasteiger partial charge in [0.2, 0.25) is 0 Å². The number of nitrogen functional groups attached to an aromatic ring is 1. The second kappa shape index (κ2) is 8.01. The highest BCUT2D eigenvalue weighted by Crippen LogP contribution is 2.26. The molecule has 0 saturated carbocycles. The maximum absolute atomic E-state index is 5.55. The zero-order valence-corrected chi connectivity index (χ0v) is 13.2. The molecule has 6 heteroatoms. The van der Waals surface area contributed by atoms with Crippen LogP contribution in [0.3, 0.4) is 0 Å². The summed E-state index contributed by atoms with van der Waals surface area (Å²) in [5.41, 5.74) is 3.63. The summed E-state index contributed by atoms with van der Waals surface area (Å²) in [5.74, 6) is 7.88. The third kappa shape index (κ3) is 3.80. The molecule has 6 nitrogen and oxygen atoms in total. The van der Waals surface area contributed by atoms with Gasteiger partial charge in [0.25, 0.3) is 0 Å². The van der Waals surface area contributed by atoms with E-state index < -0.39 is 0 Å². The Bertz CT molecular complexity index is 420. The van der Waals surface area contributed by atoms with E-state index in [1.165, 1.54) is 0 Å². The maximum Gasteiger partial charge on any atom is 0.148 e. The third-order valence-electron chi connectivity index (χ3n) is 3.56. The molecule has 0 aromatic carbocycles. The highest BCUT2D eigenvalue weighted by molar-refractivity contribution is 5.58. The first-order chi connectivity index (χ1) is 9.58. The van der Waals surface area contributed by atoms with Crippen molar-refractivity contribution in [2.45, 2.75) is 46.6 Å². The van der Waals surface area contributed by atoms with Crippen LogP contribution in [-0.4, -0.2) is 36.3 Å². The summed E-state index contributed by atoms with van der Waals surface area (Å²) in [7, 11) is 1.72. The summed E-state index contributed by atoms with van der Waals surface area (Å²) in [6.07, 6.45) is 2.13. The standard InChI is InChI=1S/C14H27N5O/c1-6-12(7-2)19(8-9-20-5)14-10(3)13(18-15)16-11(4)17-14/h12H,6-9,15H2,1-5H3,(H,16,17,18). The molecule has 114 valence electrons. The number of nitrogens with one attached hydrogen (secondary N) is 1. The second-order valence-corrected chi connectivity index (χ2v) is 4.87. The van der Waals surface area contributed by atoms with E-state index in [-0.39, 0.29) is 0 Å². The van der Waals surface area contributed by atoms with Crippen molar-refractivity contribution in [1.29, 1.82) is 0 Å². The Morgan fingerprint density at radius 1 is 1.25 bits per heavy atom. The van der Waals surface area contributed by atoms with E-state index in [0.717, 1.165) is 30.8 Å². The Labute approximate surface area is 121 Å². The number of hydrogen-bond acceptors (Lipinski definition) is 6. The molecule has 1 aromatic heterocycles. The number of aryl methyl sites for hydroxylation is 1. The van der Waals surface area contributed by atoms with Crippen LogP contribution in [0.4, 0.5) is 11.6 Å². The van der Waals surface area contributed by atoms with E-state index in [0.29, 0.717) is 24.3 Å². The summed E-state index contributed by atoms with van der Waals surface area (Å²) >= 11 is 0. The molecule has 0 aliphatic carbocycles. The number of anilines is 2. The Morgan fingerprint density at radius 3 is 2.40 bits per heavy atom. The number of hydrazine groups is 1. The van der Waals surface area contributed by atoms with Gasteiger partial charge in [-0.25, -0.2) is 15.8 Å². The molecular weight excluding hydrogens is 254 g/mol. The van der Waals surface area contributed by atoms with Gasteiger partial charge in [-0.05, 0) is 26.7 Å². The monoisotopic (exact) mass is 281 g/mol. The van der Waals surface area contributed by atoms with Crippen molar-refractivity contribution in [2.24, 2.45) is 5.84 Å².